The fourth-order valence-corrected chi connectivity index (χ4v) is 4.88. The van der Waals surface area contributed by atoms with Crippen LogP contribution in [-0.2, 0) is 20.7 Å². The van der Waals surface area contributed by atoms with Crippen LogP contribution in [0.25, 0.3) is 0 Å². The second-order valence-electron chi connectivity index (χ2n) is 9.82. The lowest BCUT2D eigenvalue weighted by molar-refractivity contribution is -0.123. The van der Waals surface area contributed by atoms with Crippen LogP contribution >= 0.6 is 11.6 Å². The molecule has 2 aliphatic rings. The molecule has 2 amide bonds. The number of benzene rings is 1. The number of carbonyl (C=O) groups excluding carboxylic acids is 2. The maximum Gasteiger partial charge on any atom is 0.407 e. The number of hydrogen-bond acceptors (Lipinski definition) is 7. The maximum atomic E-state index is 12.2. The minimum atomic E-state index is -0.926. The summed E-state index contributed by atoms with van der Waals surface area (Å²) in [6.45, 7) is 5.81. The number of methoxy groups -OCH3 is 1. The van der Waals surface area contributed by atoms with Gasteiger partial charge in [-0.3, -0.25) is 4.79 Å². The van der Waals surface area contributed by atoms with E-state index in [4.69, 9.17) is 30.9 Å². The van der Waals surface area contributed by atoms with Gasteiger partial charge in [0.15, 0.2) is 0 Å². The van der Waals surface area contributed by atoms with Crippen molar-refractivity contribution in [3.05, 3.63) is 52.6 Å². The third-order valence-corrected chi connectivity index (χ3v) is 7.32. The van der Waals surface area contributed by atoms with Crippen LogP contribution < -0.4 is 15.4 Å². The summed E-state index contributed by atoms with van der Waals surface area (Å²) in [5.74, 6) is 0.294. The number of aliphatic hydroxyl groups is 2. The zero-order valence-electron chi connectivity index (χ0n) is 23.0. The molecular weight excluding hydrogens is 512 g/mol. The highest BCUT2D eigenvalue weighted by Crippen LogP contribution is 2.47. The maximum absolute atomic E-state index is 12.2. The van der Waals surface area contributed by atoms with Crippen molar-refractivity contribution in [1.82, 2.24) is 10.6 Å². The second-order valence-corrected chi connectivity index (χ2v) is 10.2. The van der Waals surface area contributed by atoms with Gasteiger partial charge in [0.25, 0.3) is 0 Å². The first-order valence-electron chi connectivity index (χ1n) is 12.7. The molecule has 6 atom stereocenters. The number of rotatable bonds is 11. The molecule has 4 N–H and O–H groups in total. The monoisotopic (exact) mass is 552 g/mol. The smallest absolute Gasteiger partial charge is 0.407 e. The number of nitrogens with one attached hydrogen (secondary N) is 2. The summed E-state index contributed by atoms with van der Waals surface area (Å²) in [5.41, 5.74) is 1.47. The molecule has 2 aliphatic heterocycles. The van der Waals surface area contributed by atoms with E-state index in [0.717, 1.165) is 19.1 Å². The molecule has 2 fully saturated rings. The molecule has 0 spiro atoms. The van der Waals surface area contributed by atoms with Crippen molar-refractivity contribution in [3.8, 4) is 5.75 Å². The molecule has 3 rings (SSSR count). The first kappa shape index (κ1) is 31.6. The minimum Gasteiger partial charge on any atom is -0.495 e. The molecule has 38 heavy (non-hydrogen) atoms. The molecule has 4 unspecified atom stereocenters. The summed E-state index contributed by atoms with van der Waals surface area (Å²) in [4.78, 5) is 23.8. The van der Waals surface area contributed by atoms with Gasteiger partial charge in [0.1, 0.15) is 17.5 Å². The van der Waals surface area contributed by atoms with E-state index in [1.807, 2.05) is 37.3 Å². The van der Waals surface area contributed by atoms with E-state index in [9.17, 15) is 14.7 Å². The average molecular weight is 553 g/mol. The Hall–Kier alpha value is -2.59. The van der Waals surface area contributed by atoms with Crippen LogP contribution in [0.15, 0.2) is 42.0 Å². The van der Waals surface area contributed by atoms with Crippen LogP contribution in [0.4, 0.5) is 4.79 Å². The number of aliphatic hydroxyl groups excluding tert-OH is 2. The number of ether oxygens (including phenoxy) is 3. The average Bonchev–Trinajstić information content (AvgIpc) is 3.60. The molecule has 2 saturated heterocycles. The van der Waals surface area contributed by atoms with Gasteiger partial charge in [0, 0.05) is 32.5 Å². The molecule has 0 aromatic heterocycles. The molecule has 0 radical (unpaired) electrons. The molecule has 1 aromatic rings. The number of epoxide rings is 1. The lowest BCUT2D eigenvalue weighted by Crippen LogP contribution is -2.49. The Kier molecular flexibility index (Phi) is 12.1. The molecule has 0 aliphatic carbocycles. The SMILES string of the molecule is CNC(=O)C[C@H](O)C1(C)OC1[C@H](C)C1CC(C/C=C/C=C(\C)Cc2ccc(Cl)c(OC)c2)NC(=O)O1.CO. The van der Waals surface area contributed by atoms with Crippen LogP contribution in [0.2, 0.25) is 5.02 Å². The van der Waals surface area contributed by atoms with Crippen molar-refractivity contribution in [2.75, 3.05) is 21.3 Å². The number of allylic oxidation sites excluding steroid dienone is 3. The van der Waals surface area contributed by atoms with Gasteiger partial charge in [-0.15, -0.1) is 0 Å². The summed E-state index contributed by atoms with van der Waals surface area (Å²) in [6, 6.07) is 5.69. The molecule has 0 saturated carbocycles. The van der Waals surface area contributed by atoms with E-state index < -0.39 is 17.8 Å². The van der Waals surface area contributed by atoms with Gasteiger partial charge in [-0.25, -0.2) is 4.79 Å². The van der Waals surface area contributed by atoms with Crippen LogP contribution in [0.5, 0.6) is 5.75 Å². The van der Waals surface area contributed by atoms with Crippen molar-refractivity contribution in [1.29, 1.82) is 0 Å². The Balaban J connectivity index is 0.00000247. The van der Waals surface area contributed by atoms with E-state index in [1.165, 1.54) is 12.6 Å². The summed E-state index contributed by atoms with van der Waals surface area (Å²) < 4.78 is 16.6. The molecule has 9 nitrogen and oxygen atoms in total. The number of cyclic esters (lactones) is 1. The van der Waals surface area contributed by atoms with Gasteiger partial charge in [-0.05, 0) is 44.4 Å². The van der Waals surface area contributed by atoms with Crippen LogP contribution in [0, 0.1) is 5.92 Å². The van der Waals surface area contributed by atoms with Crippen molar-refractivity contribution < 1.29 is 34.0 Å². The van der Waals surface area contributed by atoms with E-state index in [-0.39, 0.29) is 36.5 Å². The molecule has 10 heteroatoms. The topological polar surface area (TPSA) is 130 Å². The first-order chi connectivity index (χ1) is 18.1. The number of carbonyl (C=O) groups is 2. The van der Waals surface area contributed by atoms with Crippen molar-refractivity contribution in [2.45, 2.75) is 76.4 Å². The minimum absolute atomic E-state index is 0.0336. The Morgan fingerprint density at radius 1 is 1.39 bits per heavy atom. The number of amides is 2. The summed E-state index contributed by atoms with van der Waals surface area (Å²) in [6.07, 6.45) is 6.12. The van der Waals surface area contributed by atoms with Crippen molar-refractivity contribution >= 4 is 23.6 Å². The van der Waals surface area contributed by atoms with Crippen molar-refractivity contribution in [3.63, 3.8) is 0 Å². The Labute approximate surface area is 230 Å². The predicted octanol–water partition coefficient (Wildman–Crippen LogP) is 3.55. The third kappa shape index (κ3) is 8.46. The standard InChI is InChI=1S/C27H37ClN2O6.CH4O/c1-16(12-18-10-11-20(28)22(13-18)34-5)8-6-7-9-19-14-21(35-26(33)30-19)17(2)25-27(3,36-25)23(31)15-24(32)29-4;1-2/h6-8,10-11,13,17,19,21,23,25,31H,9,12,14-15H2,1-5H3,(H,29,32)(H,30,33);2H,1H3/b7-6+,16-8+;/t17-,19?,21?,23+,25?,27?;/m1./s1. The lowest BCUT2D eigenvalue weighted by atomic mass is 9.85. The Bertz CT molecular complexity index is 1010. The number of hydrogen-bond donors (Lipinski definition) is 4. The number of halogens is 1. The van der Waals surface area contributed by atoms with Crippen LogP contribution in [0.3, 0.4) is 0 Å². The fraction of sp³-hybridized carbons (Fsp3) is 0.571. The van der Waals surface area contributed by atoms with Gasteiger partial charge < -0.3 is 35.1 Å². The van der Waals surface area contributed by atoms with Crippen LogP contribution in [0.1, 0.15) is 45.6 Å². The quantitative estimate of drug-likeness (QED) is 0.244. The van der Waals surface area contributed by atoms with Gasteiger partial charge in [0.05, 0.1) is 30.8 Å². The molecular formula is C28H41ClN2O7. The summed E-state index contributed by atoms with van der Waals surface area (Å²) >= 11 is 6.10. The largest absolute Gasteiger partial charge is 0.495 e. The third-order valence-electron chi connectivity index (χ3n) is 7.00. The Morgan fingerprint density at radius 2 is 2.11 bits per heavy atom. The van der Waals surface area contributed by atoms with Gasteiger partial charge >= 0.3 is 6.09 Å². The van der Waals surface area contributed by atoms with Gasteiger partial charge in [-0.2, -0.15) is 0 Å². The predicted molar refractivity (Wildman–Crippen MR) is 146 cm³/mol. The molecule has 2 heterocycles. The first-order valence-corrected chi connectivity index (χ1v) is 13.1. The van der Waals surface area contributed by atoms with E-state index >= 15 is 0 Å². The summed E-state index contributed by atoms with van der Waals surface area (Å²) in [7, 11) is 4.13. The van der Waals surface area contributed by atoms with E-state index in [0.29, 0.717) is 23.6 Å². The van der Waals surface area contributed by atoms with E-state index in [1.54, 1.807) is 14.0 Å². The molecule has 1 aromatic carbocycles. The van der Waals surface area contributed by atoms with Gasteiger partial charge in [-0.1, -0.05) is 48.4 Å². The van der Waals surface area contributed by atoms with Gasteiger partial charge in [0.2, 0.25) is 5.91 Å². The molecule has 212 valence electrons. The highest BCUT2D eigenvalue weighted by molar-refractivity contribution is 6.32. The fourth-order valence-electron chi connectivity index (χ4n) is 4.69. The normalized spacial score (nSPS) is 26.4. The van der Waals surface area contributed by atoms with Crippen molar-refractivity contribution in [2.24, 2.45) is 5.92 Å². The Morgan fingerprint density at radius 3 is 2.76 bits per heavy atom. The van der Waals surface area contributed by atoms with Crippen LogP contribution in [-0.4, -0.2) is 73.4 Å². The molecule has 0 bridgehead atoms. The van der Waals surface area contributed by atoms with E-state index in [2.05, 4.69) is 23.6 Å². The number of alkyl carbamates (subject to hydrolysis) is 1. The highest BCUT2D eigenvalue weighted by Gasteiger charge is 2.61. The summed E-state index contributed by atoms with van der Waals surface area (Å²) in [5, 5.41) is 23.4. The second kappa shape index (κ2) is 14.5. The zero-order chi connectivity index (χ0) is 28.5. The zero-order valence-corrected chi connectivity index (χ0v) is 23.7. The highest BCUT2D eigenvalue weighted by atomic mass is 35.5. The lowest BCUT2D eigenvalue weighted by Gasteiger charge is -2.33.